The predicted octanol–water partition coefficient (Wildman–Crippen LogP) is -4.07. The van der Waals surface area contributed by atoms with E-state index in [0.29, 0.717) is 77.8 Å². The van der Waals surface area contributed by atoms with Crippen LogP contribution in [-0.2, 0) is 52.6 Å². The molecule has 4 amide bonds. The molecule has 4 bridgehead atoms. The summed E-state index contributed by atoms with van der Waals surface area (Å²) in [5, 5.41) is 37.1. The van der Waals surface area contributed by atoms with E-state index in [2.05, 4.69) is 16.0 Å². The summed E-state index contributed by atoms with van der Waals surface area (Å²) in [5.41, 5.74) is 0. The third-order valence-corrected chi connectivity index (χ3v) is 12.7. The molecule has 5 aliphatic heterocycles. The lowest BCUT2D eigenvalue weighted by atomic mass is 9.77. The van der Waals surface area contributed by atoms with Crippen LogP contribution in [0.2, 0.25) is 0 Å². The van der Waals surface area contributed by atoms with Crippen LogP contribution in [0, 0.1) is 17.8 Å². The van der Waals surface area contributed by atoms with Crippen LogP contribution in [0.5, 0.6) is 0 Å². The molecule has 23 heteroatoms. The number of carbonyl (C=O) groups is 8. The zero-order valence-corrected chi connectivity index (χ0v) is 34.7. The Hall–Kier alpha value is -4.42. The number of ether oxygens (including phenoxy) is 3. The number of hydrogen-bond donors (Lipinski definition) is 6. The molecule has 1 aliphatic carbocycles. The third-order valence-electron chi connectivity index (χ3n) is 12.7. The van der Waals surface area contributed by atoms with Gasteiger partial charge in [-0.3, -0.25) is 58.0 Å². The van der Waals surface area contributed by atoms with Gasteiger partial charge in [0, 0.05) is 77.8 Å². The number of carbonyl (C=O) groups excluding carboxylic acids is 7. The molecule has 5 saturated heterocycles. The van der Waals surface area contributed by atoms with Crippen LogP contribution in [0.1, 0.15) is 58.3 Å². The van der Waals surface area contributed by atoms with Crippen LogP contribution in [0.25, 0.3) is 0 Å². The summed E-state index contributed by atoms with van der Waals surface area (Å²) in [5.74, 6) is -9.37. The fourth-order valence-electron chi connectivity index (χ4n) is 9.27. The second kappa shape index (κ2) is 20.6. The number of hydrogen-bond acceptors (Lipinski definition) is 17. The van der Waals surface area contributed by atoms with E-state index in [0.717, 1.165) is 0 Å². The number of amides is 4. The molecule has 6 rings (SSSR count). The van der Waals surface area contributed by atoms with Crippen molar-refractivity contribution in [2.75, 3.05) is 91.6 Å². The number of aliphatic carboxylic acids is 1. The first-order valence-corrected chi connectivity index (χ1v) is 21.4. The second-order valence-electron chi connectivity index (χ2n) is 17.1. The lowest BCUT2D eigenvalue weighted by Gasteiger charge is -2.40. The summed E-state index contributed by atoms with van der Waals surface area (Å²) < 4.78 is 17.4. The Morgan fingerprint density at radius 1 is 0.820 bits per heavy atom. The van der Waals surface area contributed by atoms with Gasteiger partial charge in [-0.15, -0.1) is 0 Å². The zero-order valence-electron chi connectivity index (χ0n) is 34.7. The van der Waals surface area contributed by atoms with E-state index >= 15 is 0 Å². The normalized spacial score (nSPS) is 32.5. The summed E-state index contributed by atoms with van der Waals surface area (Å²) in [4.78, 5) is 113. The molecule has 0 aromatic heterocycles. The largest absolute Gasteiger partial charge is 0.480 e. The predicted molar refractivity (Wildman–Crippen MR) is 210 cm³/mol. The molecule has 61 heavy (non-hydrogen) atoms. The maximum Gasteiger partial charge on any atom is 0.475 e. The average molecular weight is 863 g/mol. The molecule has 0 aromatic rings. The molecular weight excluding hydrogens is 803 g/mol. The van der Waals surface area contributed by atoms with E-state index in [1.54, 1.807) is 21.6 Å². The second-order valence-corrected chi connectivity index (χ2v) is 17.1. The van der Waals surface area contributed by atoms with E-state index in [9.17, 15) is 53.5 Å². The van der Waals surface area contributed by atoms with Crippen molar-refractivity contribution in [1.29, 1.82) is 0 Å². The monoisotopic (exact) mass is 862 g/mol. The molecule has 0 radical (unpaired) electrons. The first kappa shape index (κ1) is 46.1. The molecule has 6 fully saturated rings. The standard InChI is InChI=1S/C38H59BN8O14/c1-24(36(55)47-10-2-3-29(47)39(57)58)42-35(54)26-6-4-25(5-7-26)17-40-31(49)18-41-30(48)9-8-28-37(56)61-38-27-19-45(21-32(50)51)14-13-43(22-33(52)59-38)11-12-44(23-34(53)60-38)15-16-46(28)20-27/h24-29,57-58H,2-23H2,1H3,(H,40,49)(H,41,48)(H,42,54)(H,50,51)/t24-,25-,26-,27?,28-,29+,38?/m1/s1. The third kappa shape index (κ3) is 12.2. The van der Waals surface area contributed by atoms with Gasteiger partial charge in [-0.1, -0.05) is 0 Å². The van der Waals surface area contributed by atoms with Crippen molar-refractivity contribution in [3.05, 3.63) is 0 Å². The lowest BCUT2D eigenvalue weighted by molar-refractivity contribution is -0.352. The zero-order chi connectivity index (χ0) is 43.8. The quantitative estimate of drug-likeness (QED) is 0.0759. The fourth-order valence-corrected chi connectivity index (χ4v) is 9.27. The summed E-state index contributed by atoms with van der Waals surface area (Å²) >= 11 is 0. The highest BCUT2D eigenvalue weighted by Gasteiger charge is 2.57. The van der Waals surface area contributed by atoms with Crippen molar-refractivity contribution < 1.29 is 67.7 Å². The minimum atomic E-state index is -2.47. The van der Waals surface area contributed by atoms with Gasteiger partial charge in [-0.05, 0) is 57.8 Å². The van der Waals surface area contributed by atoms with Gasteiger partial charge < -0.3 is 50.2 Å². The van der Waals surface area contributed by atoms with Crippen LogP contribution < -0.4 is 16.0 Å². The molecule has 5 unspecified atom stereocenters. The number of esters is 3. The molecule has 6 N–H and O–H groups in total. The summed E-state index contributed by atoms with van der Waals surface area (Å²) in [7, 11) is -1.64. The smallest absolute Gasteiger partial charge is 0.475 e. The van der Waals surface area contributed by atoms with Gasteiger partial charge in [0.2, 0.25) is 23.6 Å². The van der Waals surface area contributed by atoms with Crippen LogP contribution in [0.4, 0.5) is 0 Å². The van der Waals surface area contributed by atoms with E-state index in [1.165, 1.54) is 4.90 Å². The Balaban J connectivity index is 0.988. The highest BCUT2D eigenvalue weighted by Crippen LogP contribution is 2.35. The maximum atomic E-state index is 13.9. The van der Waals surface area contributed by atoms with Gasteiger partial charge in [-0.25, -0.2) is 0 Å². The van der Waals surface area contributed by atoms with Crippen molar-refractivity contribution in [2.45, 2.75) is 82.3 Å². The Morgan fingerprint density at radius 2 is 1.48 bits per heavy atom. The minimum absolute atomic E-state index is 0.0103. The molecule has 6 aliphatic rings. The summed E-state index contributed by atoms with van der Waals surface area (Å²) in [6, 6.07) is -1.84. The molecule has 22 nitrogen and oxygen atoms in total. The van der Waals surface area contributed by atoms with Crippen molar-refractivity contribution in [1.82, 2.24) is 40.4 Å². The number of likely N-dealkylation sites (tertiary alicyclic amines) is 1. The van der Waals surface area contributed by atoms with E-state index in [-0.39, 0.29) is 88.8 Å². The van der Waals surface area contributed by atoms with Crippen molar-refractivity contribution in [3.63, 3.8) is 0 Å². The van der Waals surface area contributed by atoms with Crippen LogP contribution in [0.15, 0.2) is 0 Å². The van der Waals surface area contributed by atoms with Gasteiger partial charge in [0.1, 0.15) is 18.0 Å². The topological polar surface area (TPSA) is 277 Å². The number of rotatable bonds is 13. The van der Waals surface area contributed by atoms with Crippen LogP contribution in [-0.4, -0.2) is 210 Å². The molecule has 0 aromatic carbocycles. The van der Waals surface area contributed by atoms with Crippen molar-refractivity contribution in [3.8, 4) is 0 Å². The molecular formula is C38H59BN8O14. The molecule has 1 saturated carbocycles. The number of fused-ring (bicyclic) bond motifs is 7. The molecule has 1 spiro atoms. The highest BCUT2D eigenvalue weighted by molar-refractivity contribution is 6.43. The van der Waals surface area contributed by atoms with Gasteiger partial charge in [-0.2, -0.15) is 0 Å². The maximum absolute atomic E-state index is 13.9. The van der Waals surface area contributed by atoms with E-state index in [1.807, 2.05) is 4.90 Å². The average Bonchev–Trinajstić information content (AvgIpc) is 3.67. The summed E-state index contributed by atoms with van der Waals surface area (Å²) in [6.07, 6.45) is 3.38. The molecule has 5 heterocycles. The molecule has 338 valence electrons. The Bertz CT molecular complexity index is 1660. The number of nitrogens with zero attached hydrogens (tertiary/aromatic N) is 5. The van der Waals surface area contributed by atoms with Crippen LogP contribution in [0.3, 0.4) is 0 Å². The minimum Gasteiger partial charge on any atom is -0.480 e. The van der Waals surface area contributed by atoms with Gasteiger partial charge in [0.25, 0.3) is 0 Å². The SMILES string of the molecule is C[C@@H](NC(=O)[C@H]1CC[C@H](CNC(=O)CNC(=O)CC[C@@H]2C(=O)OC34OC(=O)CN5CCN(CCN2CC3CN(CC(=O)O)CC5)CC(=O)O4)CC1)C(=O)N1CCC[C@H]1B(O)O. The fraction of sp³-hybridized carbons (Fsp3) is 0.789. The first-order valence-electron chi connectivity index (χ1n) is 21.4. The van der Waals surface area contributed by atoms with Gasteiger partial charge in [0.15, 0.2) is 0 Å². The van der Waals surface area contributed by atoms with Gasteiger partial charge >= 0.3 is 37.0 Å². The number of nitrogens with one attached hydrogen (secondary N) is 3. The highest BCUT2D eigenvalue weighted by atomic mass is 16.9. The Kier molecular flexibility index (Phi) is 15.6. The summed E-state index contributed by atoms with van der Waals surface area (Å²) in [6.45, 7) is 3.26. The Labute approximate surface area is 354 Å². The first-order chi connectivity index (χ1) is 29.1. The van der Waals surface area contributed by atoms with Crippen molar-refractivity contribution >= 4 is 54.6 Å². The molecule has 8 atom stereocenters. The van der Waals surface area contributed by atoms with Crippen molar-refractivity contribution in [2.24, 2.45) is 17.8 Å². The van der Waals surface area contributed by atoms with Gasteiger partial charge in [0.05, 0.1) is 32.1 Å². The van der Waals surface area contributed by atoms with E-state index in [4.69, 9.17) is 14.2 Å². The van der Waals surface area contributed by atoms with E-state index < -0.39 is 72.7 Å². The number of carboxylic acids is 1. The lowest BCUT2D eigenvalue weighted by Crippen LogP contribution is -2.58. The van der Waals surface area contributed by atoms with Crippen LogP contribution >= 0.6 is 0 Å². The number of carboxylic acid groups (broad SMARTS) is 1. The Morgan fingerprint density at radius 3 is 2.13 bits per heavy atom.